The van der Waals surface area contributed by atoms with Gasteiger partial charge in [0, 0.05) is 16.9 Å². The molecule has 0 spiro atoms. The fraction of sp³-hybridized carbons (Fsp3) is 0.286. The Bertz CT molecular complexity index is 223. The van der Waals surface area contributed by atoms with Crippen LogP contribution >= 0.6 is 24.0 Å². The zero-order valence-electron chi connectivity index (χ0n) is 5.89. The Hall–Kier alpha value is -0.270. The summed E-state index contributed by atoms with van der Waals surface area (Å²) in [6, 6.07) is 1.86. The van der Waals surface area contributed by atoms with Gasteiger partial charge in [-0.2, -0.15) is 0 Å². The predicted octanol–water partition coefficient (Wildman–Crippen LogP) is 2.77. The van der Waals surface area contributed by atoms with E-state index in [0.717, 1.165) is 16.3 Å². The average Bonchev–Trinajstić information content (AvgIpc) is 1.80. The molecule has 1 aromatic rings. The minimum atomic E-state index is 0. The van der Waals surface area contributed by atoms with E-state index in [-0.39, 0.29) is 12.4 Å². The molecule has 0 bridgehead atoms. The van der Waals surface area contributed by atoms with Gasteiger partial charge >= 0.3 is 0 Å². The molecule has 0 aliphatic heterocycles. The Balaban J connectivity index is 0.000000810. The Morgan fingerprint density at radius 1 is 1.40 bits per heavy atom. The summed E-state index contributed by atoms with van der Waals surface area (Å²) < 4.78 is 0. The van der Waals surface area contributed by atoms with Gasteiger partial charge in [-0.1, -0.05) is 11.6 Å². The van der Waals surface area contributed by atoms with E-state index in [1.807, 2.05) is 19.9 Å². The van der Waals surface area contributed by atoms with Gasteiger partial charge in [0.25, 0.3) is 0 Å². The third-order valence-corrected chi connectivity index (χ3v) is 1.58. The molecule has 0 aliphatic rings. The molecule has 0 fully saturated rings. The summed E-state index contributed by atoms with van der Waals surface area (Å²) in [4.78, 5) is 4.06. The van der Waals surface area contributed by atoms with E-state index in [1.54, 1.807) is 6.20 Å². The summed E-state index contributed by atoms with van der Waals surface area (Å²) in [5, 5.41) is 0.794. The highest BCUT2D eigenvalue weighted by molar-refractivity contribution is 6.31. The van der Waals surface area contributed by atoms with Gasteiger partial charge in [0.05, 0.1) is 0 Å². The molecular formula is C7H9Cl2N. The van der Waals surface area contributed by atoms with Crippen molar-refractivity contribution < 1.29 is 0 Å². The maximum absolute atomic E-state index is 5.77. The van der Waals surface area contributed by atoms with Crippen LogP contribution in [0.25, 0.3) is 0 Å². The number of hydrogen-bond acceptors (Lipinski definition) is 1. The van der Waals surface area contributed by atoms with E-state index in [1.165, 1.54) is 0 Å². The van der Waals surface area contributed by atoms with E-state index >= 15 is 0 Å². The molecule has 0 unspecified atom stereocenters. The molecule has 0 radical (unpaired) electrons. The van der Waals surface area contributed by atoms with Crippen LogP contribution < -0.4 is 0 Å². The molecule has 0 aromatic carbocycles. The lowest BCUT2D eigenvalue weighted by Gasteiger charge is -1.95. The second-order valence-corrected chi connectivity index (χ2v) is 2.48. The second-order valence-electron chi connectivity index (χ2n) is 2.07. The van der Waals surface area contributed by atoms with Crippen molar-refractivity contribution in [2.45, 2.75) is 13.8 Å². The fourth-order valence-corrected chi connectivity index (χ4v) is 0.802. The van der Waals surface area contributed by atoms with Gasteiger partial charge in [0.15, 0.2) is 0 Å². The largest absolute Gasteiger partial charge is 0.261 e. The van der Waals surface area contributed by atoms with Crippen LogP contribution in [0.2, 0.25) is 5.02 Å². The highest BCUT2D eigenvalue weighted by Crippen LogP contribution is 2.13. The molecule has 0 amide bonds. The first-order chi connectivity index (χ1) is 4.20. The Morgan fingerprint density at radius 3 is 2.40 bits per heavy atom. The van der Waals surface area contributed by atoms with Gasteiger partial charge in [-0.15, -0.1) is 12.4 Å². The van der Waals surface area contributed by atoms with Crippen LogP contribution in [-0.2, 0) is 0 Å². The van der Waals surface area contributed by atoms with Gasteiger partial charge in [-0.3, -0.25) is 4.98 Å². The molecule has 1 heterocycles. The highest BCUT2D eigenvalue weighted by atomic mass is 35.5. The van der Waals surface area contributed by atoms with Crippen molar-refractivity contribution in [1.82, 2.24) is 4.98 Å². The van der Waals surface area contributed by atoms with Crippen molar-refractivity contribution in [1.29, 1.82) is 0 Å². The quantitative estimate of drug-likeness (QED) is 0.595. The first-order valence-electron chi connectivity index (χ1n) is 2.79. The maximum atomic E-state index is 5.77. The van der Waals surface area contributed by atoms with Crippen molar-refractivity contribution in [3.63, 3.8) is 0 Å². The number of nitrogens with zero attached hydrogens (tertiary/aromatic N) is 1. The zero-order valence-corrected chi connectivity index (χ0v) is 7.46. The standard InChI is InChI=1S/C7H8ClN.ClH/c1-5-4-9-6(2)3-7(5)8;/h3-4H,1-2H3;1H. The molecular weight excluding hydrogens is 169 g/mol. The molecule has 3 heteroatoms. The maximum Gasteiger partial charge on any atom is 0.0468 e. The molecule has 0 saturated heterocycles. The van der Waals surface area contributed by atoms with Crippen molar-refractivity contribution in [2.24, 2.45) is 0 Å². The molecule has 1 nitrogen and oxygen atoms in total. The van der Waals surface area contributed by atoms with Gasteiger partial charge in [-0.05, 0) is 25.5 Å². The highest BCUT2D eigenvalue weighted by Gasteiger charge is 1.92. The number of hydrogen-bond donors (Lipinski definition) is 0. The molecule has 1 rings (SSSR count). The minimum Gasteiger partial charge on any atom is -0.261 e. The molecule has 0 atom stereocenters. The summed E-state index contributed by atoms with van der Waals surface area (Å²) in [5.41, 5.74) is 1.99. The third kappa shape index (κ3) is 2.16. The van der Waals surface area contributed by atoms with Crippen molar-refractivity contribution >= 4 is 24.0 Å². The Morgan fingerprint density at radius 2 is 2.00 bits per heavy atom. The summed E-state index contributed by atoms with van der Waals surface area (Å²) >= 11 is 5.77. The number of halogens is 2. The lowest BCUT2D eigenvalue weighted by Crippen LogP contribution is -1.81. The molecule has 0 N–H and O–H groups in total. The monoisotopic (exact) mass is 177 g/mol. The van der Waals surface area contributed by atoms with Gasteiger partial charge < -0.3 is 0 Å². The van der Waals surface area contributed by atoms with Crippen LogP contribution in [0.3, 0.4) is 0 Å². The summed E-state index contributed by atoms with van der Waals surface area (Å²) in [6.45, 7) is 3.86. The molecule has 0 saturated carbocycles. The number of pyridine rings is 1. The zero-order chi connectivity index (χ0) is 6.85. The second kappa shape index (κ2) is 3.79. The van der Waals surface area contributed by atoms with Gasteiger partial charge in [-0.25, -0.2) is 0 Å². The van der Waals surface area contributed by atoms with Crippen LogP contribution in [0.1, 0.15) is 11.3 Å². The lowest BCUT2D eigenvalue weighted by atomic mass is 10.3. The SMILES string of the molecule is Cc1cc(Cl)c(C)cn1.Cl. The predicted molar refractivity (Wildman–Crippen MR) is 46.0 cm³/mol. The van der Waals surface area contributed by atoms with E-state index in [4.69, 9.17) is 11.6 Å². The molecule has 10 heavy (non-hydrogen) atoms. The van der Waals surface area contributed by atoms with Crippen LogP contribution in [0, 0.1) is 13.8 Å². The Labute approximate surface area is 71.8 Å². The van der Waals surface area contributed by atoms with Crippen molar-refractivity contribution in [2.75, 3.05) is 0 Å². The van der Waals surface area contributed by atoms with E-state index in [0.29, 0.717) is 0 Å². The third-order valence-electron chi connectivity index (χ3n) is 1.17. The number of aromatic nitrogens is 1. The first-order valence-corrected chi connectivity index (χ1v) is 3.16. The van der Waals surface area contributed by atoms with Crippen LogP contribution in [0.15, 0.2) is 12.3 Å². The average molecular weight is 178 g/mol. The van der Waals surface area contributed by atoms with Crippen LogP contribution in [-0.4, -0.2) is 4.98 Å². The number of rotatable bonds is 0. The van der Waals surface area contributed by atoms with Gasteiger partial charge in [0.1, 0.15) is 0 Å². The minimum absolute atomic E-state index is 0. The normalized spacial score (nSPS) is 8.70. The van der Waals surface area contributed by atoms with E-state index in [2.05, 4.69) is 4.98 Å². The van der Waals surface area contributed by atoms with Crippen LogP contribution in [0.4, 0.5) is 0 Å². The first kappa shape index (κ1) is 9.73. The van der Waals surface area contributed by atoms with Crippen LogP contribution in [0.5, 0.6) is 0 Å². The van der Waals surface area contributed by atoms with Gasteiger partial charge in [0.2, 0.25) is 0 Å². The van der Waals surface area contributed by atoms with Crippen molar-refractivity contribution in [3.8, 4) is 0 Å². The Kier molecular flexibility index (Phi) is 3.69. The summed E-state index contributed by atoms with van der Waals surface area (Å²) in [5.74, 6) is 0. The summed E-state index contributed by atoms with van der Waals surface area (Å²) in [6.07, 6.45) is 1.78. The topological polar surface area (TPSA) is 12.9 Å². The fourth-order valence-electron chi connectivity index (χ4n) is 0.595. The summed E-state index contributed by atoms with van der Waals surface area (Å²) in [7, 11) is 0. The molecule has 0 aliphatic carbocycles. The molecule has 1 aromatic heterocycles. The smallest absolute Gasteiger partial charge is 0.0468 e. The number of aryl methyl sites for hydroxylation is 2. The van der Waals surface area contributed by atoms with E-state index in [9.17, 15) is 0 Å². The van der Waals surface area contributed by atoms with E-state index < -0.39 is 0 Å². The molecule has 56 valence electrons. The lowest BCUT2D eigenvalue weighted by molar-refractivity contribution is 1.17. The van der Waals surface area contributed by atoms with Crippen molar-refractivity contribution in [3.05, 3.63) is 28.5 Å².